The number of hydrogen-bond donors (Lipinski definition) is 0. The Morgan fingerprint density at radius 2 is 0.542 bits per heavy atom. The molecule has 414 valence electrons. The summed E-state index contributed by atoms with van der Waals surface area (Å²) in [6.07, 6.45) is 79.0. The Balaban J connectivity index is 4.11. The molecule has 0 aliphatic carbocycles. The van der Waals surface area contributed by atoms with Gasteiger partial charge in [-0.1, -0.05) is 266 Å². The fourth-order valence-electron chi connectivity index (χ4n) is 8.56. The van der Waals surface area contributed by atoms with E-state index in [0.29, 0.717) is 19.3 Å². The number of unbranched alkanes of at least 4 members (excludes halogenated alkanes) is 30. The zero-order valence-electron chi connectivity index (χ0n) is 47.4. The Morgan fingerprint density at radius 1 is 0.292 bits per heavy atom. The summed E-state index contributed by atoms with van der Waals surface area (Å²) in [7, 11) is 0. The van der Waals surface area contributed by atoms with Crippen molar-refractivity contribution >= 4 is 17.9 Å². The van der Waals surface area contributed by atoms with Crippen molar-refractivity contribution in [2.24, 2.45) is 0 Å². The van der Waals surface area contributed by atoms with Crippen molar-refractivity contribution in [3.05, 3.63) is 85.1 Å². The first kappa shape index (κ1) is 68.6. The first-order valence-corrected chi connectivity index (χ1v) is 30.6. The highest BCUT2D eigenvalue weighted by Crippen LogP contribution is 2.16. The Morgan fingerprint density at radius 3 is 0.847 bits per heavy atom. The van der Waals surface area contributed by atoms with Crippen LogP contribution in [0.15, 0.2) is 85.1 Å². The lowest BCUT2D eigenvalue weighted by molar-refractivity contribution is -0.167. The summed E-state index contributed by atoms with van der Waals surface area (Å²) in [5.41, 5.74) is 0. The van der Waals surface area contributed by atoms with Gasteiger partial charge >= 0.3 is 17.9 Å². The second-order valence-corrected chi connectivity index (χ2v) is 20.2. The van der Waals surface area contributed by atoms with Crippen LogP contribution in [0.1, 0.15) is 297 Å². The van der Waals surface area contributed by atoms with Gasteiger partial charge in [0, 0.05) is 19.3 Å². The SMILES string of the molecule is CC/C=C\C/C=C\C/C=C\C/C=C\CCCCCCCCCCC(=O)OC(COC(=O)CCCCCCCC)COC(=O)CCCCCCCCCCCCCC/C=C\C/C=C\C/C=C\CCCCCCC. The molecule has 0 heterocycles. The zero-order chi connectivity index (χ0) is 52.2. The van der Waals surface area contributed by atoms with Gasteiger partial charge in [0.25, 0.3) is 0 Å². The largest absolute Gasteiger partial charge is 0.462 e. The molecule has 0 amide bonds. The van der Waals surface area contributed by atoms with Gasteiger partial charge in [-0.05, 0) is 96.3 Å². The molecule has 0 aromatic heterocycles. The van der Waals surface area contributed by atoms with Crippen LogP contribution in [0.3, 0.4) is 0 Å². The summed E-state index contributed by atoms with van der Waals surface area (Å²) in [4.78, 5) is 38.0. The predicted octanol–water partition coefficient (Wildman–Crippen LogP) is 20.7. The van der Waals surface area contributed by atoms with Crippen LogP contribution in [0.4, 0.5) is 0 Å². The summed E-state index contributed by atoms with van der Waals surface area (Å²) < 4.78 is 16.8. The maximum absolute atomic E-state index is 12.8. The van der Waals surface area contributed by atoms with Gasteiger partial charge in [-0.2, -0.15) is 0 Å². The zero-order valence-corrected chi connectivity index (χ0v) is 47.4. The van der Waals surface area contributed by atoms with Crippen molar-refractivity contribution in [3.8, 4) is 0 Å². The van der Waals surface area contributed by atoms with E-state index in [0.717, 1.165) is 103 Å². The molecule has 0 saturated heterocycles. The summed E-state index contributed by atoms with van der Waals surface area (Å²) in [5, 5.41) is 0. The quantitative estimate of drug-likeness (QED) is 0.0261. The predicted molar refractivity (Wildman–Crippen MR) is 311 cm³/mol. The molecule has 0 aromatic carbocycles. The third-order valence-corrected chi connectivity index (χ3v) is 13.1. The van der Waals surface area contributed by atoms with Crippen LogP contribution in [0.25, 0.3) is 0 Å². The smallest absolute Gasteiger partial charge is 0.306 e. The molecule has 6 nitrogen and oxygen atoms in total. The number of carbonyl (C=O) groups is 3. The number of hydrogen-bond acceptors (Lipinski definition) is 6. The number of rotatable bonds is 55. The highest BCUT2D eigenvalue weighted by atomic mass is 16.6. The van der Waals surface area contributed by atoms with Crippen molar-refractivity contribution in [3.63, 3.8) is 0 Å². The van der Waals surface area contributed by atoms with E-state index in [4.69, 9.17) is 14.2 Å². The van der Waals surface area contributed by atoms with Gasteiger partial charge in [-0.15, -0.1) is 0 Å². The van der Waals surface area contributed by atoms with Gasteiger partial charge in [0.1, 0.15) is 13.2 Å². The second-order valence-electron chi connectivity index (χ2n) is 20.2. The molecule has 0 spiro atoms. The first-order valence-electron chi connectivity index (χ1n) is 30.6. The molecule has 6 heteroatoms. The van der Waals surface area contributed by atoms with E-state index in [-0.39, 0.29) is 31.1 Å². The third-order valence-electron chi connectivity index (χ3n) is 13.1. The lowest BCUT2D eigenvalue weighted by Gasteiger charge is -2.18. The van der Waals surface area contributed by atoms with Crippen LogP contribution in [0.2, 0.25) is 0 Å². The summed E-state index contributed by atoms with van der Waals surface area (Å²) in [6, 6.07) is 0. The molecule has 0 fully saturated rings. The van der Waals surface area contributed by atoms with Crippen molar-refractivity contribution in [1.29, 1.82) is 0 Å². The van der Waals surface area contributed by atoms with Gasteiger partial charge in [0.05, 0.1) is 0 Å². The molecule has 0 rings (SSSR count). The monoisotopic (exact) mass is 1000 g/mol. The highest BCUT2D eigenvalue weighted by Gasteiger charge is 2.19. The second kappa shape index (κ2) is 60.1. The molecule has 1 unspecified atom stereocenters. The fourth-order valence-corrected chi connectivity index (χ4v) is 8.56. The molecule has 0 bridgehead atoms. The van der Waals surface area contributed by atoms with Gasteiger partial charge in [0.2, 0.25) is 0 Å². The van der Waals surface area contributed by atoms with E-state index in [1.165, 1.54) is 154 Å². The van der Waals surface area contributed by atoms with Gasteiger partial charge < -0.3 is 14.2 Å². The van der Waals surface area contributed by atoms with E-state index in [9.17, 15) is 14.4 Å². The highest BCUT2D eigenvalue weighted by molar-refractivity contribution is 5.71. The van der Waals surface area contributed by atoms with Crippen LogP contribution in [0.5, 0.6) is 0 Å². The Bertz CT molecular complexity index is 1380. The van der Waals surface area contributed by atoms with Crippen LogP contribution in [-0.4, -0.2) is 37.2 Å². The van der Waals surface area contributed by atoms with Crippen LogP contribution in [-0.2, 0) is 28.6 Å². The topological polar surface area (TPSA) is 78.9 Å². The Hall–Kier alpha value is -3.41. The van der Waals surface area contributed by atoms with E-state index >= 15 is 0 Å². The van der Waals surface area contributed by atoms with E-state index in [2.05, 4.69) is 106 Å². The lowest BCUT2D eigenvalue weighted by Crippen LogP contribution is -2.30. The van der Waals surface area contributed by atoms with Gasteiger partial charge in [-0.3, -0.25) is 14.4 Å². The van der Waals surface area contributed by atoms with Crippen LogP contribution >= 0.6 is 0 Å². The average Bonchev–Trinajstić information content (AvgIpc) is 3.38. The average molecular weight is 1000 g/mol. The Labute approximate surface area is 445 Å². The van der Waals surface area contributed by atoms with Crippen molar-refractivity contribution in [2.45, 2.75) is 303 Å². The molecule has 0 N–H and O–H groups in total. The molecular formula is C66H114O6. The standard InChI is InChI=1S/C66H114O6/c1-4-7-10-13-16-18-20-22-24-26-28-30-31-32-33-34-35-37-38-40-42-44-46-48-50-53-56-59-65(68)71-62-63(61-70-64(67)58-55-52-15-12-9-6-3)72-66(69)60-57-54-51-49-47-45-43-41-39-36-29-27-25-23-21-19-17-14-11-8-5-2/h8,11,17,19-20,22-23,25-26,28-29,31-32,36,63H,4-7,9-10,12-16,18,21,24,27,30,33-35,37-62H2,1-3H3/b11-8-,19-17-,22-20-,25-23-,28-26-,32-31-,36-29-. The molecule has 1 atom stereocenters. The summed E-state index contributed by atoms with van der Waals surface area (Å²) in [6.45, 7) is 6.47. The summed E-state index contributed by atoms with van der Waals surface area (Å²) in [5.74, 6) is -0.892. The summed E-state index contributed by atoms with van der Waals surface area (Å²) >= 11 is 0. The first-order chi connectivity index (χ1) is 35.5. The maximum atomic E-state index is 12.8. The molecule has 0 radical (unpaired) electrons. The molecular weight excluding hydrogens is 889 g/mol. The van der Waals surface area contributed by atoms with E-state index in [1.54, 1.807) is 0 Å². The van der Waals surface area contributed by atoms with Crippen molar-refractivity contribution < 1.29 is 28.6 Å². The van der Waals surface area contributed by atoms with E-state index < -0.39 is 6.10 Å². The number of esters is 3. The van der Waals surface area contributed by atoms with Crippen molar-refractivity contribution in [1.82, 2.24) is 0 Å². The van der Waals surface area contributed by atoms with Crippen LogP contribution in [0, 0.1) is 0 Å². The van der Waals surface area contributed by atoms with E-state index in [1.807, 2.05) is 0 Å². The normalized spacial score (nSPS) is 12.7. The van der Waals surface area contributed by atoms with Crippen LogP contribution < -0.4 is 0 Å². The molecule has 72 heavy (non-hydrogen) atoms. The minimum atomic E-state index is -0.779. The minimum absolute atomic E-state index is 0.0795. The third kappa shape index (κ3) is 57.5. The number of carbonyl (C=O) groups excluding carboxylic acids is 3. The van der Waals surface area contributed by atoms with Gasteiger partial charge in [0.15, 0.2) is 6.10 Å². The lowest BCUT2D eigenvalue weighted by atomic mass is 10.0. The fraction of sp³-hybridized carbons (Fsp3) is 0.742. The number of allylic oxidation sites excluding steroid dienone is 14. The molecule has 0 saturated carbocycles. The minimum Gasteiger partial charge on any atom is -0.462 e. The van der Waals surface area contributed by atoms with Crippen molar-refractivity contribution in [2.75, 3.05) is 13.2 Å². The Kier molecular flexibility index (Phi) is 57.3. The number of ether oxygens (including phenoxy) is 3. The molecule has 0 aliphatic heterocycles. The van der Waals surface area contributed by atoms with Gasteiger partial charge in [-0.25, -0.2) is 0 Å². The molecule has 0 aliphatic rings. The molecule has 0 aromatic rings. The maximum Gasteiger partial charge on any atom is 0.306 e.